The Bertz CT molecular complexity index is 605. The number of alkyl halides is 3. The van der Waals surface area contributed by atoms with Gasteiger partial charge >= 0.3 is 6.18 Å². The molecule has 0 aliphatic carbocycles. The molecule has 0 saturated carbocycles. The Balaban J connectivity index is 2.94. The minimum atomic E-state index is -4.62. The van der Waals surface area contributed by atoms with E-state index in [-0.39, 0.29) is 30.6 Å². The van der Waals surface area contributed by atoms with E-state index in [1.165, 1.54) is 13.0 Å². The SMILES string of the molecule is CCC(C)NC(=O)CCN(C(C)=O)c1ccc(Cl)c(C(F)(F)F)c1. The van der Waals surface area contributed by atoms with Crippen LogP contribution in [-0.4, -0.2) is 24.4 Å². The van der Waals surface area contributed by atoms with E-state index in [1.54, 1.807) is 0 Å². The van der Waals surface area contributed by atoms with Crippen LogP contribution >= 0.6 is 11.6 Å². The second-order valence-corrected chi connectivity index (χ2v) is 5.87. The Labute approximate surface area is 144 Å². The fourth-order valence-corrected chi connectivity index (χ4v) is 2.25. The Morgan fingerprint density at radius 2 is 1.96 bits per heavy atom. The standard InChI is InChI=1S/C16H20ClF3N2O2/c1-4-10(2)21-15(24)7-8-22(11(3)23)12-5-6-14(17)13(9-12)16(18,19)20/h5-6,9-10H,4,7-8H2,1-3H3,(H,21,24). The Kier molecular flexibility index (Phi) is 7.08. The van der Waals surface area contributed by atoms with Crippen LogP contribution in [0.15, 0.2) is 18.2 Å². The zero-order valence-electron chi connectivity index (χ0n) is 13.7. The molecule has 1 rings (SSSR count). The third-order valence-corrected chi connectivity index (χ3v) is 3.86. The molecule has 0 heterocycles. The second kappa shape index (κ2) is 8.37. The van der Waals surface area contributed by atoms with E-state index in [0.29, 0.717) is 0 Å². The summed E-state index contributed by atoms with van der Waals surface area (Å²) in [7, 11) is 0. The summed E-state index contributed by atoms with van der Waals surface area (Å²) in [5.41, 5.74) is -0.965. The summed E-state index contributed by atoms with van der Waals surface area (Å²) in [5.74, 6) is -0.720. The fourth-order valence-electron chi connectivity index (χ4n) is 2.03. The minimum absolute atomic E-state index is 0.00404. The number of nitrogens with zero attached hydrogens (tertiary/aromatic N) is 1. The normalized spacial score (nSPS) is 12.6. The van der Waals surface area contributed by atoms with Crippen LogP contribution in [0.3, 0.4) is 0 Å². The molecule has 2 amide bonds. The van der Waals surface area contributed by atoms with Gasteiger partial charge in [0.1, 0.15) is 0 Å². The maximum Gasteiger partial charge on any atom is 0.417 e. The molecular weight excluding hydrogens is 345 g/mol. The Morgan fingerprint density at radius 1 is 1.33 bits per heavy atom. The number of amides is 2. The molecule has 4 nitrogen and oxygen atoms in total. The number of rotatable bonds is 6. The maximum atomic E-state index is 12.9. The number of carbonyl (C=O) groups is 2. The van der Waals surface area contributed by atoms with E-state index in [4.69, 9.17) is 11.6 Å². The van der Waals surface area contributed by atoms with Crippen molar-refractivity contribution in [1.82, 2.24) is 5.32 Å². The number of hydrogen-bond acceptors (Lipinski definition) is 2. The molecule has 0 spiro atoms. The van der Waals surface area contributed by atoms with Crippen LogP contribution in [-0.2, 0) is 15.8 Å². The smallest absolute Gasteiger partial charge is 0.354 e. The highest BCUT2D eigenvalue weighted by Crippen LogP contribution is 2.37. The van der Waals surface area contributed by atoms with Gasteiger partial charge in [-0.25, -0.2) is 0 Å². The van der Waals surface area contributed by atoms with Gasteiger partial charge in [-0.15, -0.1) is 0 Å². The first-order valence-corrected chi connectivity index (χ1v) is 7.88. The van der Waals surface area contributed by atoms with E-state index in [0.717, 1.165) is 23.5 Å². The van der Waals surface area contributed by atoms with Crippen LogP contribution in [0.4, 0.5) is 18.9 Å². The molecule has 0 bridgehead atoms. The summed E-state index contributed by atoms with van der Waals surface area (Å²) in [5, 5.41) is 2.30. The molecule has 0 fully saturated rings. The molecule has 0 aliphatic heterocycles. The summed E-state index contributed by atoms with van der Waals surface area (Å²) in [6.45, 7) is 4.97. The minimum Gasteiger partial charge on any atom is -0.354 e. The molecule has 1 unspecified atom stereocenters. The number of anilines is 1. The van der Waals surface area contributed by atoms with Crippen molar-refractivity contribution < 1.29 is 22.8 Å². The van der Waals surface area contributed by atoms with Gasteiger partial charge in [-0.1, -0.05) is 18.5 Å². The summed E-state index contributed by atoms with van der Waals surface area (Å²) in [4.78, 5) is 24.7. The maximum absolute atomic E-state index is 12.9. The fraction of sp³-hybridized carbons (Fsp3) is 0.500. The predicted molar refractivity (Wildman–Crippen MR) is 87.0 cm³/mol. The molecule has 0 aromatic heterocycles. The third kappa shape index (κ3) is 5.70. The van der Waals surface area contributed by atoms with Gasteiger partial charge < -0.3 is 10.2 Å². The second-order valence-electron chi connectivity index (χ2n) is 5.46. The number of benzene rings is 1. The number of halogens is 4. The Morgan fingerprint density at radius 3 is 2.46 bits per heavy atom. The molecule has 8 heteroatoms. The Hall–Kier alpha value is -1.76. The topological polar surface area (TPSA) is 49.4 Å². The molecule has 1 N–H and O–H groups in total. The van der Waals surface area contributed by atoms with E-state index < -0.39 is 22.7 Å². The largest absolute Gasteiger partial charge is 0.417 e. The average molecular weight is 365 g/mol. The van der Waals surface area contributed by atoms with Gasteiger partial charge in [-0.2, -0.15) is 13.2 Å². The number of carbonyl (C=O) groups excluding carboxylic acids is 2. The van der Waals surface area contributed by atoms with Gasteiger partial charge in [0.25, 0.3) is 0 Å². The lowest BCUT2D eigenvalue weighted by Crippen LogP contribution is -2.37. The van der Waals surface area contributed by atoms with E-state index in [1.807, 2.05) is 13.8 Å². The summed E-state index contributed by atoms with van der Waals surface area (Å²) in [6, 6.07) is 3.23. The van der Waals surface area contributed by atoms with Crippen LogP contribution < -0.4 is 10.2 Å². The van der Waals surface area contributed by atoms with Crippen molar-refractivity contribution >= 4 is 29.1 Å². The van der Waals surface area contributed by atoms with Crippen molar-refractivity contribution in [3.63, 3.8) is 0 Å². The van der Waals surface area contributed by atoms with Crippen LogP contribution in [0.5, 0.6) is 0 Å². The molecule has 0 saturated heterocycles. The molecule has 0 aliphatic rings. The number of hydrogen-bond donors (Lipinski definition) is 1. The molecule has 134 valence electrons. The van der Waals surface area contributed by atoms with E-state index >= 15 is 0 Å². The highest BCUT2D eigenvalue weighted by molar-refractivity contribution is 6.31. The van der Waals surface area contributed by atoms with E-state index in [9.17, 15) is 22.8 Å². The van der Waals surface area contributed by atoms with Crippen LogP contribution in [0.2, 0.25) is 5.02 Å². The summed E-state index contributed by atoms with van der Waals surface area (Å²) in [6.07, 6.45) is -3.87. The van der Waals surface area contributed by atoms with Gasteiger partial charge in [-0.3, -0.25) is 9.59 Å². The van der Waals surface area contributed by atoms with Crippen molar-refractivity contribution in [2.75, 3.05) is 11.4 Å². The lowest BCUT2D eigenvalue weighted by atomic mass is 10.1. The first kappa shape index (κ1) is 20.3. The van der Waals surface area contributed by atoms with Crippen molar-refractivity contribution in [3.05, 3.63) is 28.8 Å². The van der Waals surface area contributed by atoms with Crippen molar-refractivity contribution in [2.24, 2.45) is 0 Å². The zero-order chi connectivity index (χ0) is 18.5. The lowest BCUT2D eigenvalue weighted by Gasteiger charge is -2.23. The number of nitrogens with one attached hydrogen (secondary N) is 1. The first-order chi connectivity index (χ1) is 11.1. The van der Waals surface area contributed by atoms with Crippen LogP contribution in [0, 0.1) is 0 Å². The first-order valence-electron chi connectivity index (χ1n) is 7.50. The predicted octanol–water partition coefficient (Wildman–Crippen LogP) is 4.02. The van der Waals surface area contributed by atoms with Crippen LogP contribution in [0.1, 0.15) is 39.2 Å². The third-order valence-electron chi connectivity index (χ3n) is 3.53. The van der Waals surface area contributed by atoms with Gasteiger partial charge in [0.2, 0.25) is 11.8 Å². The molecule has 0 radical (unpaired) electrons. The molecular formula is C16H20ClF3N2O2. The summed E-state index contributed by atoms with van der Waals surface area (Å²) < 4.78 is 38.8. The van der Waals surface area contributed by atoms with Crippen LogP contribution in [0.25, 0.3) is 0 Å². The van der Waals surface area contributed by atoms with Crippen molar-refractivity contribution in [3.8, 4) is 0 Å². The molecule has 1 atom stereocenters. The molecule has 1 aromatic carbocycles. The quantitative estimate of drug-likeness (QED) is 0.829. The monoisotopic (exact) mass is 364 g/mol. The van der Waals surface area contributed by atoms with Gasteiger partial charge in [0.05, 0.1) is 10.6 Å². The molecule has 24 heavy (non-hydrogen) atoms. The van der Waals surface area contributed by atoms with Crippen molar-refractivity contribution in [2.45, 2.75) is 45.8 Å². The van der Waals surface area contributed by atoms with E-state index in [2.05, 4.69) is 5.32 Å². The van der Waals surface area contributed by atoms with Crippen molar-refractivity contribution in [1.29, 1.82) is 0 Å². The lowest BCUT2D eigenvalue weighted by molar-refractivity contribution is -0.137. The highest BCUT2D eigenvalue weighted by Gasteiger charge is 2.34. The average Bonchev–Trinajstić information content (AvgIpc) is 2.47. The summed E-state index contributed by atoms with van der Waals surface area (Å²) >= 11 is 5.58. The zero-order valence-corrected chi connectivity index (χ0v) is 14.5. The van der Waals surface area contributed by atoms with Gasteiger partial charge in [0, 0.05) is 31.6 Å². The van der Waals surface area contributed by atoms with Gasteiger partial charge in [0.15, 0.2) is 0 Å². The van der Waals surface area contributed by atoms with Gasteiger partial charge in [-0.05, 0) is 31.5 Å². The molecule has 1 aromatic rings. The highest BCUT2D eigenvalue weighted by atomic mass is 35.5.